The molecule has 2 atom stereocenters. The molecule has 0 radical (unpaired) electrons. The average molecular weight is 297 g/mol. The number of nitrogens with one attached hydrogen (secondary N) is 1. The van der Waals surface area contributed by atoms with Crippen LogP contribution in [0.25, 0.3) is 0 Å². The third kappa shape index (κ3) is 4.03. The van der Waals surface area contributed by atoms with E-state index >= 15 is 0 Å². The Morgan fingerprint density at radius 3 is 2.90 bits per heavy atom. The van der Waals surface area contributed by atoms with Crippen LogP contribution in [0.3, 0.4) is 0 Å². The zero-order valence-electron chi connectivity index (χ0n) is 12.2. The summed E-state index contributed by atoms with van der Waals surface area (Å²) >= 11 is 6.12. The molecular weight excluding hydrogens is 272 g/mol. The number of benzene rings is 1. The molecule has 3 nitrogen and oxygen atoms in total. The quantitative estimate of drug-likeness (QED) is 0.832. The van der Waals surface area contributed by atoms with Crippen LogP contribution in [-0.4, -0.2) is 19.2 Å². The molecule has 1 fully saturated rings. The number of nitrogens with two attached hydrogens (primary N) is 1. The smallest absolute Gasteiger partial charge is 0.142 e. The SMILES string of the molecule is CCCOc1ccc(Cl)cc1NC1CCCCC1CN. The van der Waals surface area contributed by atoms with Crippen molar-refractivity contribution in [1.29, 1.82) is 0 Å². The maximum Gasteiger partial charge on any atom is 0.142 e. The van der Waals surface area contributed by atoms with Crippen molar-refractivity contribution in [2.24, 2.45) is 11.7 Å². The van der Waals surface area contributed by atoms with Crippen LogP contribution in [0.5, 0.6) is 5.75 Å². The van der Waals surface area contributed by atoms with Crippen molar-refractivity contribution in [3.63, 3.8) is 0 Å². The van der Waals surface area contributed by atoms with Crippen molar-refractivity contribution in [3.05, 3.63) is 23.2 Å². The molecule has 0 aromatic heterocycles. The standard InChI is InChI=1S/C16H25ClN2O/c1-2-9-20-16-8-7-13(17)10-15(16)19-14-6-4-3-5-12(14)11-18/h7-8,10,12,14,19H,2-6,9,11,18H2,1H3. The summed E-state index contributed by atoms with van der Waals surface area (Å²) in [7, 11) is 0. The fourth-order valence-electron chi connectivity index (χ4n) is 2.83. The molecule has 1 aromatic carbocycles. The highest BCUT2D eigenvalue weighted by atomic mass is 35.5. The molecule has 2 unspecified atom stereocenters. The normalized spacial score (nSPS) is 22.6. The number of halogens is 1. The summed E-state index contributed by atoms with van der Waals surface area (Å²) in [5.41, 5.74) is 6.89. The van der Waals surface area contributed by atoms with Crippen molar-refractivity contribution < 1.29 is 4.74 Å². The maximum absolute atomic E-state index is 6.12. The third-order valence-corrected chi connectivity index (χ3v) is 4.19. The van der Waals surface area contributed by atoms with Gasteiger partial charge in [0.15, 0.2) is 0 Å². The molecular formula is C16H25ClN2O. The molecule has 1 aromatic rings. The first kappa shape index (κ1) is 15.5. The Morgan fingerprint density at radius 1 is 1.35 bits per heavy atom. The van der Waals surface area contributed by atoms with E-state index in [4.69, 9.17) is 22.1 Å². The molecule has 0 heterocycles. The molecule has 0 aliphatic heterocycles. The van der Waals surface area contributed by atoms with Crippen LogP contribution in [0, 0.1) is 5.92 Å². The zero-order valence-corrected chi connectivity index (χ0v) is 13.0. The molecule has 1 aliphatic rings. The number of rotatable bonds is 6. The van der Waals surface area contributed by atoms with Crippen LogP contribution >= 0.6 is 11.6 Å². The van der Waals surface area contributed by atoms with Gasteiger partial charge in [0.05, 0.1) is 12.3 Å². The van der Waals surface area contributed by atoms with Gasteiger partial charge in [0.25, 0.3) is 0 Å². The Balaban J connectivity index is 2.11. The first-order valence-electron chi connectivity index (χ1n) is 7.63. The lowest BCUT2D eigenvalue weighted by Gasteiger charge is -2.32. The first-order valence-corrected chi connectivity index (χ1v) is 8.01. The number of anilines is 1. The summed E-state index contributed by atoms with van der Waals surface area (Å²) in [5, 5.41) is 4.34. The number of hydrogen-bond acceptors (Lipinski definition) is 3. The van der Waals surface area contributed by atoms with E-state index in [2.05, 4.69) is 12.2 Å². The van der Waals surface area contributed by atoms with Crippen LogP contribution in [0.4, 0.5) is 5.69 Å². The van der Waals surface area contributed by atoms with Crippen LogP contribution in [0.15, 0.2) is 18.2 Å². The summed E-state index contributed by atoms with van der Waals surface area (Å²) in [6.07, 6.45) is 5.92. The highest BCUT2D eigenvalue weighted by molar-refractivity contribution is 6.30. The van der Waals surface area contributed by atoms with Crippen LogP contribution in [0.1, 0.15) is 39.0 Å². The minimum Gasteiger partial charge on any atom is -0.491 e. The van der Waals surface area contributed by atoms with E-state index in [-0.39, 0.29) is 0 Å². The van der Waals surface area contributed by atoms with Crippen LogP contribution in [-0.2, 0) is 0 Å². The molecule has 0 spiro atoms. The van der Waals surface area contributed by atoms with Crippen molar-refractivity contribution >= 4 is 17.3 Å². The summed E-state index contributed by atoms with van der Waals surface area (Å²) < 4.78 is 5.80. The van der Waals surface area contributed by atoms with Crippen molar-refractivity contribution in [2.75, 3.05) is 18.5 Å². The van der Waals surface area contributed by atoms with Gasteiger partial charge in [0.1, 0.15) is 5.75 Å². The lowest BCUT2D eigenvalue weighted by molar-refractivity contribution is 0.313. The minimum atomic E-state index is 0.427. The van der Waals surface area contributed by atoms with Crippen molar-refractivity contribution in [2.45, 2.75) is 45.1 Å². The van der Waals surface area contributed by atoms with Gasteiger partial charge < -0.3 is 15.8 Å². The largest absolute Gasteiger partial charge is 0.491 e. The van der Waals surface area contributed by atoms with E-state index in [0.717, 1.165) is 36.0 Å². The Hall–Kier alpha value is -0.930. The first-order chi connectivity index (χ1) is 9.74. The van der Waals surface area contributed by atoms with E-state index in [1.54, 1.807) is 0 Å². The summed E-state index contributed by atoms with van der Waals surface area (Å²) in [5.74, 6) is 1.43. The molecule has 112 valence electrons. The Kier molecular flexibility index (Phi) is 5.99. The van der Waals surface area contributed by atoms with Crippen molar-refractivity contribution in [3.8, 4) is 5.75 Å². The molecule has 1 aliphatic carbocycles. The number of ether oxygens (including phenoxy) is 1. The highest BCUT2D eigenvalue weighted by Crippen LogP contribution is 2.33. The van der Waals surface area contributed by atoms with Crippen LogP contribution in [0.2, 0.25) is 5.02 Å². The van der Waals surface area contributed by atoms with E-state index in [9.17, 15) is 0 Å². The second kappa shape index (κ2) is 7.75. The van der Waals surface area contributed by atoms with Crippen LogP contribution < -0.4 is 15.8 Å². The zero-order chi connectivity index (χ0) is 14.4. The highest BCUT2D eigenvalue weighted by Gasteiger charge is 2.24. The topological polar surface area (TPSA) is 47.3 Å². The van der Waals surface area contributed by atoms with E-state index in [1.807, 2.05) is 18.2 Å². The Morgan fingerprint density at radius 2 is 2.15 bits per heavy atom. The maximum atomic E-state index is 6.12. The average Bonchev–Trinajstić information content (AvgIpc) is 2.47. The van der Waals surface area contributed by atoms with Gasteiger partial charge in [-0.1, -0.05) is 31.4 Å². The molecule has 2 rings (SSSR count). The van der Waals surface area contributed by atoms with Gasteiger partial charge in [-0.05, 0) is 49.9 Å². The predicted octanol–water partition coefficient (Wildman–Crippen LogP) is 4.06. The molecule has 0 amide bonds. The lowest BCUT2D eigenvalue weighted by atomic mass is 9.84. The second-order valence-electron chi connectivity index (χ2n) is 5.52. The van der Waals surface area contributed by atoms with Gasteiger partial charge in [0.2, 0.25) is 0 Å². The van der Waals surface area contributed by atoms with E-state index < -0.39 is 0 Å². The summed E-state index contributed by atoms with van der Waals surface area (Å²) in [6.45, 7) is 3.57. The van der Waals surface area contributed by atoms with Gasteiger partial charge in [-0.15, -0.1) is 0 Å². The van der Waals surface area contributed by atoms with Gasteiger partial charge in [-0.25, -0.2) is 0 Å². The monoisotopic (exact) mass is 296 g/mol. The third-order valence-electron chi connectivity index (χ3n) is 3.96. The molecule has 0 bridgehead atoms. The summed E-state index contributed by atoms with van der Waals surface area (Å²) in [4.78, 5) is 0. The molecule has 20 heavy (non-hydrogen) atoms. The predicted molar refractivity (Wildman–Crippen MR) is 85.7 cm³/mol. The van der Waals surface area contributed by atoms with Gasteiger partial charge >= 0.3 is 0 Å². The Labute approximate surface area is 126 Å². The van der Waals surface area contributed by atoms with Gasteiger partial charge in [0, 0.05) is 11.1 Å². The minimum absolute atomic E-state index is 0.427. The van der Waals surface area contributed by atoms with Crippen molar-refractivity contribution in [1.82, 2.24) is 0 Å². The summed E-state index contributed by atoms with van der Waals surface area (Å²) in [6, 6.07) is 6.20. The van der Waals surface area contributed by atoms with Gasteiger partial charge in [-0.3, -0.25) is 0 Å². The number of hydrogen-bond donors (Lipinski definition) is 2. The fraction of sp³-hybridized carbons (Fsp3) is 0.625. The van der Waals surface area contributed by atoms with E-state index in [0.29, 0.717) is 12.0 Å². The van der Waals surface area contributed by atoms with Gasteiger partial charge in [-0.2, -0.15) is 0 Å². The molecule has 3 N–H and O–H groups in total. The fourth-order valence-corrected chi connectivity index (χ4v) is 3.00. The Bertz CT molecular complexity index is 425. The molecule has 1 saturated carbocycles. The molecule has 4 heteroatoms. The second-order valence-corrected chi connectivity index (χ2v) is 5.96. The van der Waals surface area contributed by atoms with E-state index in [1.165, 1.54) is 25.7 Å². The lowest BCUT2D eigenvalue weighted by Crippen LogP contribution is -2.36. The molecule has 0 saturated heterocycles.